The first-order valence-electron chi connectivity index (χ1n) is 13.3. The SMILES string of the molecule is CC(C)n1c(C(C)(C)O)nc2c(F)cc(C3(C)NC(=N[C@H]4CCn5nc(OCC(F)F)cc5[C@H]4O)NC=C3Cl)cc21. The van der Waals surface area contributed by atoms with Crippen LogP contribution in [-0.4, -0.2) is 54.6 Å². The molecule has 0 saturated carbocycles. The number of fused-ring (bicyclic) bond motifs is 2. The number of ether oxygens (including phenoxy) is 1. The lowest BCUT2D eigenvalue weighted by atomic mass is 9.90. The van der Waals surface area contributed by atoms with Crippen LogP contribution in [0.2, 0.25) is 0 Å². The number of hydrogen-bond acceptors (Lipinski definition) is 6. The molecule has 1 unspecified atom stereocenters. The lowest BCUT2D eigenvalue weighted by Crippen LogP contribution is -2.53. The van der Waals surface area contributed by atoms with Crippen LogP contribution >= 0.6 is 11.6 Å². The fraction of sp³-hybridized carbons (Fsp3) is 0.519. The number of nitrogens with zero attached hydrogens (tertiary/aromatic N) is 5. The van der Waals surface area contributed by atoms with Gasteiger partial charge in [0, 0.05) is 24.9 Å². The van der Waals surface area contributed by atoms with Gasteiger partial charge in [0.15, 0.2) is 18.4 Å². The molecule has 0 radical (unpaired) electrons. The van der Waals surface area contributed by atoms with E-state index < -0.39 is 42.1 Å². The number of aliphatic imine (C=N–C) groups is 1. The zero-order chi connectivity index (χ0) is 29.9. The fourth-order valence-corrected chi connectivity index (χ4v) is 5.45. The highest BCUT2D eigenvalue weighted by Crippen LogP contribution is 2.38. The Morgan fingerprint density at radius 3 is 2.68 bits per heavy atom. The molecule has 4 heterocycles. The van der Waals surface area contributed by atoms with Crippen molar-refractivity contribution in [2.75, 3.05) is 6.61 Å². The molecule has 2 aliphatic heterocycles. The number of aryl methyl sites for hydroxylation is 1. The van der Waals surface area contributed by atoms with E-state index >= 15 is 4.39 Å². The first-order chi connectivity index (χ1) is 19.2. The molecule has 3 atom stereocenters. The molecule has 4 N–H and O–H groups in total. The van der Waals surface area contributed by atoms with E-state index in [1.807, 2.05) is 13.8 Å². The van der Waals surface area contributed by atoms with Gasteiger partial charge >= 0.3 is 0 Å². The van der Waals surface area contributed by atoms with Crippen LogP contribution in [-0.2, 0) is 17.7 Å². The maximum absolute atomic E-state index is 15.5. The molecule has 0 amide bonds. The van der Waals surface area contributed by atoms with Crippen molar-refractivity contribution >= 4 is 28.6 Å². The largest absolute Gasteiger partial charge is 0.471 e. The molecule has 2 aromatic heterocycles. The third-order valence-corrected chi connectivity index (χ3v) is 7.80. The van der Waals surface area contributed by atoms with Gasteiger partial charge in [-0.05, 0) is 58.7 Å². The third kappa shape index (κ3) is 5.38. The number of imidazole rings is 1. The zero-order valence-corrected chi connectivity index (χ0v) is 24.0. The zero-order valence-electron chi connectivity index (χ0n) is 23.3. The molecule has 3 aromatic rings. The Bertz CT molecular complexity index is 1530. The van der Waals surface area contributed by atoms with Gasteiger partial charge in [0.2, 0.25) is 5.88 Å². The molecule has 0 aliphatic carbocycles. The number of benzene rings is 1. The van der Waals surface area contributed by atoms with Crippen LogP contribution in [0, 0.1) is 5.82 Å². The van der Waals surface area contributed by atoms with E-state index in [4.69, 9.17) is 16.3 Å². The standard InChI is InChI=1S/C27H33ClF3N7O3/c1-13(2)38-17-9-14(8-15(29)22(17)34-24(38)26(3,4)40)27(5)19(28)11-32-25(35-27)33-16-6-7-37-18(23(16)39)10-21(36-37)41-12-20(30)31/h8-11,13,16,20,23,39-40H,6-7,12H2,1-5H3,(H2,32,33,35)/t16-,23-,27?/m0/s1. The number of alkyl halides is 2. The summed E-state index contributed by atoms with van der Waals surface area (Å²) in [5, 5.41) is 32.4. The highest BCUT2D eigenvalue weighted by Gasteiger charge is 2.38. The molecule has 41 heavy (non-hydrogen) atoms. The number of nitrogens with one attached hydrogen (secondary N) is 2. The van der Waals surface area contributed by atoms with Crippen LogP contribution in [0.15, 0.2) is 34.4 Å². The van der Waals surface area contributed by atoms with Crippen LogP contribution in [0.25, 0.3) is 11.0 Å². The van der Waals surface area contributed by atoms with E-state index in [0.717, 1.165) is 0 Å². The van der Waals surface area contributed by atoms with Gasteiger partial charge in [-0.15, -0.1) is 5.10 Å². The van der Waals surface area contributed by atoms with Crippen LogP contribution in [0.3, 0.4) is 0 Å². The average Bonchev–Trinajstić information content (AvgIpc) is 3.49. The van der Waals surface area contributed by atoms with Gasteiger partial charge in [-0.1, -0.05) is 11.6 Å². The second kappa shape index (κ2) is 10.5. The molecule has 2 aliphatic rings. The van der Waals surface area contributed by atoms with Gasteiger partial charge in [-0.25, -0.2) is 23.1 Å². The van der Waals surface area contributed by atoms with Crippen LogP contribution < -0.4 is 15.4 Å². The highest BCUT2D eigenvalue weighted by atomic mass is 35.5. The first kappa shape index (κ1) is 29.2. The summed E-state index contributed by atoms with van der Waals surface area (Å²) in [5.74, 6) is 0.0969. The maximum atomic E-state index is 15.5. The minimum Gasteiger partial charge on any atom is -0.471 e. The Balaban J connectivity index is 1.47. The highest BCUT2D eigenvalue weighted by molar-refractivity contribution is 6.31. The van der Waals surface area contributed by atoms with Crippen molar-refractivity contribution in [3.63, 3.8) is 0 Å². The predicted octanol–water partition coefficient (Wildman–Crippen LogP) is 4.17. The smallest absolute Gasteiger partial charge is 0.272 e. The quantitative estimate of drug-likeness (QED) is 0.323. The van der Waals surface area contributed by atoms with Gasteiger partial charge in [0.25, 0.3) is 6.43 Å². The van der Waals surface area contributed by atoms with Crippen molar-refractivity contribution in [3.8, 4) is 5.88 Å². The molecule has 222 valence electrons. The van der Waals surface area contributed by atoms with E-state index in [2.05, 4.69) is 25.7 Å². The molecule has 14 heteroatoms. The van der Waals surface area contributed by atoms with Crippen molar-refractivity contribution in [3.05, 3.63) is 52.3 Å². The van der Waals surface area contributed by atoms with Crippen LogP contribution in [0.5, 0.6) is 5.88 Å². The van der Waals surface area contributed by atoms with Gasteiger partial charge in [-0.2, -0.15) is 0 Å². The molecule has 0 bridgehead atoms. The molecule has 1 aromatic carbocycles. The third-order valence-electron chi connectivity index (χ3n) is 7.32. The summed E-state index contributed by atoms with van der Waals surface area (Å²) in [5.41, 5.74) is -0.832. The van der Waals surface area contributed by atoms with Crippen molar-refractivity contribution in [1.29, 1.82) is 0 Å². The molecular weight excluding hydrogens is 563 g/mol. The number of aromatic nitrogens is 4. The van der Waals surface area contributed by atoms with Crippen molar-refractivity contribution in [2.24, 2.45) is 4.99 Å². The van der Waals surface area contributed by atoms with Crippen molar-refractivity contribution in [2.45, 2.75) is 83.3 Å². The summed E-state index contributed by atoms with van der Waals surface area (Å²) >= 11 is 6.67. The number of guanidine groups is 1. The van der Waals surface area contributed by atoms with Gasteiger partial charge in [0.1, 0.15) is 23.0 Å². The van der Waals surface area contributed by atoms with Crippen molar-refractivity contribution in [1.82, 2.24) is 30.0 Å². The summed E-state index contributed by atoms with van der Waals surface area (Å²) in [7, 11) is 0. The number of aliphatic hydroxyl groups is 2. The van der Waals surface area contributed by atoms with Crippen molar-refractivity contribution < 1.29 is 28.1 Å². The summed E-state index contributed by atoms with van der Waals surface area (Å²) < 4.78 is 48.9. The summed E-state index contributed by atoms with van der Waals surface area (Å²) in [6.07, 6.45) is -1.74. The average molecular weight is 596 g/mol. The van der Waals surface area contributed by atoms with E-state index in [9.17, 15) is 19.0 Å². The first-order valence-corrected chi connectivity index (χ1v) is 13.7. The Kier molecular flexibility index (Phi) is 7.49. The Labute approximate surface area is 239 Å². The summed E-state index contributed by atoms with van der Waals surface area (Å²) in [6, 6.07) is 3.87. The second-order valence-corrected chi connectivity index (χ2v) is 11.7. The molecule has 10 nitrogen and oxygen atoms in total. The van der Waals surface area contributed by atoms with E-state index in [0.29, 0.717) is 46.6 Å². The topological polar surface area (TPSA) is 122 Å². The molecule has 5 rings (SSSR count). The Hall–Kier alpha value is -3.29. The lowest BCUT2D eigenvalue weighted by molar-refractivity contribution is 0.0641. The number of rotatable bonds is 7. The molecule has 0 saturated heterocycles. The maximum Gasteiger partial charge on any atom is 0.272 e. The number of halogens is 4. The lowest BCUT2D eigenvalue weighted by Gasteiger charge is -2.37. The van der Waals surface area contributed by atoms with E-state index in [-0.39, 0.29) is 17.4 Å². The Morgan fingerprint density at radius 2 is 2.02 bits per heavy atom. The number of aliphatic hydroxyl groups excluding tert-OH is 1. The molecule has 0 spiro atoms. The van der Waals surface area contributed by atoms with Crippen LogP contribution in [0.4, 0.5) is 13.2 Å². The second-order valence-electron chi connectivity index (χ2n) is 11.3. The van der Waals surface area contributed by atoms with E-state index in [1.165, 1.54) is 16.8 Å². The molecular formula is C27H33ClF3N7O3. The fourth-order valence-electron chi connectivity index (χ4n) is 5.24. The predicted molar refractivity (Wildman–Crippen MR) is 147 cm³/mol. The van der Waals surface area contributed by atoms with Gasteiger partial charge < -0.3 is 30.2 Å². The monoisotopic (exact) mass is 595 g/mol. The van der Waals surface area contributed by atoms with E-state index in [1.54, 1.807) is 37.6 Å². The summed E-state index contributed by atoms with van der Waals surface area (Å²) in [4.78, 5) is 9.10. The van der Waals surface area contributed by atoms with Gasteiger partial charge in [0.05, 0.1) is 27.8 Å². The minimum atomic E-state index is -2.64. The molecule has 0 fully saturated rings. The van der Waals surface area contributed by atoms with Gasteiger partial charge in [-0.3, -0.25) is 4.68 Å². The minimum absolute atomic E-state index is 0.00894. The van der Waals surface area contributed by atoms with Crippen LogP contribution in [0.1, 0.15) is 70.3 Å². The summed E-state index contributed by atoms with van der Waals surface area (Å²) in [6.45, 7) is 8.46. The number of hydrogen-bond donors (Lipinski definition) is 4. The normalized spacial score (nSPS) is 24.0. The Morgan fingerprint density at radius 1 is 1.29 bits per heavy atom.